The monoisotopic (exact) mass is 468 g/mol. The maximum Gasteiger partial charge on any atom is 0.151 e. The normalized spacial score (nSPS) is 11.6. The average molecular weight is 469 g/mol. The number of hydrogen-bond acceptors (Lipinski definition) is 6. The highest BCUT2D eigenvalue weighted by Crippen LogP contribution is 2.38. The smallest absolute Gasteiger partial charge is 0.151 e. The lowest BCUT2D eigenvalue weighted by atomic mass is 10.1. The van der Waals surface area contributed by atoms with Crippen LogP contribution in [-0.4, -0.2) is 13.4 Å². The summed E-state index contributed by atoms with van der Waals surface area (Å²) in [4.78, 5) is 19.0. The second-order valence-corrected chi connectivity index (χ2v) is 12.4. The van der Waals surface area contributed by atoms with Crippen LogP contribution in [0.4, 0.5) is 0 Å². The van der Waals surface area contributed by atoms with Crippen LogP contribution in [0.2, 0.25) is 0 Å². The van der Waals surface area contributed by atoms with E-state index in [9.17, 15) is 4.79 Å². The minimum Gasteiger partial charge on any atom is -0.496 e. The maximum absolute atomic E-state index is 11.3. The van der Waals surface area contributed by atoms with Gasteiger partial charge in [-0.2, -0.15) is 0 Å². The van der Waals surface area contributed by atoms with Crippen molar-refractivity contribution < 1.29 is 9.53 Å². The van der Waals surface area contributed by atoms with Gasteiger partial charge in [0.2, 0.25) is 0 Å². The summed E-state index contributed by atoms with van der Waals surface area (Å²) in [6.07, 6.45) is 2.74. The van der Waals surface area contributed by atoms with E-state index in [4.69, 9.17) is 4.74 Å². The van der Waals surface area contributed by atoms with E-state index in [0.29, 0.717) is 0 Å². The van der Waals surface area contributed by atoms with Crippen molar-refractivity contribution in [1.29, 1.82) is 0 Å². The van der Waals surface area contributed by atoms with Gasteiger partial charge in [0, 0.05) is 52.2 Å². The van der Waals surface area contributed by atoms with Gasteiger partial charge >= 0.3 is 0 Å². The highest BCUT2D eigenvalue weighted by atomic mass is 32.1. The summed E-state index contributed by atoms with van der Waals surface area (Å²) in [5, 5.41) is 2.60. The first-order valence-corrected chi connectivity index (χ1v) is 12.9. The summed E-state index contributed by atoms with van der Waals surface area (Å²) in [7, 11) is 1.75. The van der Waals surface area contributed by atoms with Crippen LogP contribution in [0.3, 0.4) is 0 Å². The van der Waals surface area contributed by atoms with Crippen LogP contribution in [-0.2, 0) is 12.8 Å². The van der Waals surface area contributed by atoms with Crippen LogP contribution < -0.4 is 4.74 Å². The molecule has 0 saturated carbocycles. The lowest BCUT2D eigenvalue weighted by Crippen LogP contribution is -1.86. The van der Waals surface area contributed by atoms with Crippen molar-refractivity contribution >= 4 is 71.8 Å². The Hall–Kier alpha value is -1.99. The molecule has 4 aromatic heterocycles. The molecule has 0 aliphatic heterocycles. The first-order chi connectivity index (χ1) is 14.5. The van der Waals surface area contributed by atoms with Crippen LogP contribution in [0, 0.1) is 13.8 Å². The molecule has 0 saturated heterocycles. The number of aldehydes is 1. The van der Waals surface area contributed by atoms with E-state index in [1.54, 1.807) is 18.4 Å². The van der Waals surface area contributed by atoms with E-state index in [1.165, 1.54) is 49.4 Å². The van der Waals surface area contributed by atoms with Crippen molar-refractivity contribution in [2.75, 3.05) is 7.11 Å². The Bertz CT molecular complexity index is 1330. The second-order valence-electron chi connectivity index (χ2n) is 7.41. The molecule has 0 aliphatic carbocycles. The molecule has 0 aliphatic rings. The van der Waals surface area contributed by atoms with Gasteiger partial charge < -0.3 is 4.74 Å². The maximum atomic E-state index is 11.3. The summed E-state index contributed by atoms with van der Waals surface area (Å²) in [5.74, 6) is 0.999. The van der Waals surface area contributed by atoms with E-state index in [2.05, 4.69) is 44.2 Å². The Morgan fingerprint density at radius 3 is 1.93 bits per heavy atom. The summed E-state index contributed by atoms with van der Waals surface area (Å²) in [6.45, 7) is 4.19. The SMILES string of the molecule is COc1cc(C)sc1Cc1cc2cc3sc(Cc4sc(C)cc4C=O)cc3cc2s1. The van der Waals surface area contributed by atoms with Gasteiger partial charge in [0.25, 0.3) is 0 Å². The number of rotatable bonds is 6. The number of fused-ring (bicyclic) bond motifs is 2. The summed E-state index contributed by atoms with van der Waals surface area (Å²) >= 11 is 7.24. The fourth-order valence-corrected chi connectivity index (χ4v) is 8.28. The Morgan fingerprint density at radius 2 is 1.33 bits per heavy atom. The molecule has 152 valence electrons. The fourth-order valence-electron chi connectivity index (χ4n) is 3.83. The highest BCUT2D eigenvalue weighted by molar-refractivity contribution is 7.21. The zero-order valence-electron chi connectivity index (χ0n) is 16.9. The molecule has 0 unspecified atom stereocenters. The average Bonchev–Trinajstić information content (AvgIpc) is 3.45. The van der Waals surface area contributed by atoms with Crippen molar-refractivity contribution in [3.8, 4) is 5.75 Å². The van der Waals surface area contributed by atoms with Crippen LogP contribution in [0.5, 0.6) is 5.75 Å². The molecule has 0 amide bonds. The molecule has 0 atom stereocenters. The van der Waals surface area contributed by atoms with Gasteiger partial charge in [-0.15, -0.1) is 45.3 Å². The zero-order valence-corrected chi connectivity index (χ0v) is 20.2. The van der Waals surface area contributed by atoms with E-state index in [-0.39, 0.29) is 0 Å². The molecule has 1 aromatic carbocycles. The molecule has 5 aromatic rings. The molecule has 0 bridgehead atoms. The number of thiophene rings is 4. The van der Waals surface area contributed by atoms with E-state index in [0.717, 1.165) is 30.4 Å². The van der Waals surface area contributed by atoms with Gasteiger partial charge in [-0.3, -0.25) is 4.79 Å². The number of aryl methyl sites for hydroxylation is 2. The molecular weight excluding hydrogens is 449 g/mol. The first-order valence-electron chi connectivity index (χ1n) is 9.65. The Morgan fingerprint density at radius 1 is 0.767 bits per heavy atom. The topological polar surface area (TPSA) is 26.3 Å². The molecule has 0 radical (unpaired) electrons. The van der Waals surface area contributed by atoms with E-state index >= 15 is 0 Å². The van der Waals surface area contributed by atoms with Crippen molar-refractivity contribution in [3.63, 3.8) is 0 Å². The second kappa shape index (κ2) is 7.93. The van der Waals surface area contributed by atoms with Gasteiger partial charge in [0.15, 0.2) is 6.29 Å². The van der Waals surface area contributed by atoms with Crippen molar-refractivity contribution in [2.24, 2.45) is 0 Å². The van der Waals surface area contributed by atoms with Crippen LogP contribution >= 0.6 is 45.3 Å². The summed E-state index contributed by atoms with van der Waals surface area (Å²) < 4.78 is 8.18. The van der Waals surface area contributed by atoms with Gasteiger partial charge in [0.1, 0.15) is 5.75 Å². The number of carbonyl (C=O) groups excluding carboxylic acids is 1. The first kappa shape index (κ1) is 19.9. The van der Waals surface area contributed by atoms with Gasteiger partial charge in [-0.1, -0.05) is 0 Å². The number of benzene rings is 1. The van der Waals surface area contributed by atoms with Gasteiger partial charge in [-0.05, 0) is 61.0 Å². The van der Waals surface area contributed by atoms with E-state index in [1.807, 2.05) is 40.1 Å². The van der Waals surface area contributed by atoms with Crippen molar-refractivity contribution in [3.05, 3.63) is 71.2 Å². The van der Waals surface area contributed by atoms with Crippen molar-refractivity contribution in [2.45, 2.75) is 26.7 Å². The molecule has 0 fully saturated rings. The zero-order chi connectivity index (χ0) is 20.8. The van der Waals surface area contributed by atoms with E-state index < -0.39 is 0 Å². The molecule has 0 spiro atoms. The van der Waals surface area contributed by atoms with Crippen LogP contribution in [0.25, 0.3) is 20.2 Å². The molecule has 2 nitrogen and oxygen atoms in total. The lowest BCUT2D eigenvalue weighted by molar-refractivity contribution is 0.112. The summed E-state index contributed by atoms with van der Waals surface area (Å²) in [6, 6.07) is 13.3. The fraction of sp³-hybridized carbons (Fsp3) is 0.208. The molecule has 6 heteroatoms. The molecule has 0 N–H and O–H groups in total. The van der Waals surface area contributed by atoms with Gasteiger partial charge in [0.05, 0.1) is 12.0 Å². The third kappa shape index (κ3) is 3.73. The Labute approximate surface area is 191 Å². The largest absolute Gasteiger partial charge is 0.496 e. The Kier molecular flexibility index (Phi) is 5.27. The third-order valence-electron chi connectivity index (χ3n) is 5.13. The molecule has 4 heterocycles. The minimum absolute atomic E-state index is 0.833. The molecule has 30 heavy (non-hydrogen) atoms. The van der Waals surface area contributed by atoms with Crippen molar-refractivity contribution in [1.82, 2.24) is 0 Å². The third-order valence-corrected chi connectivity index (χ3v) is 9.43. The van der Waals surface area contributed by atoms with Crippen LogP contribution in [0.15, 0.2) is 36.4 Å². The van der Waals surface area contributed by atoms with Crippen LogP contribution in [0.1, 0.15) is 39.6 Å². The molecule has 5 rings (SSSR count). The quantitative estimate of drug-likeness (QED) is 0.237. The predicted octanol–water partition coefficient (Wildman–Crippen LogP) is 7.86. The predicted molar refractivity (Wildman–Crippen MR) is 133 cm³/mol. The lowest BCUT2D eigenvalue weighted by Gasteiger charge is -1.99. The number of hydrogen-bond donors (Lipinski definition) is 0. The minimum atomic E-state index is 0.833. The summed E-state index contributed by atoms with van der Waals surface area (Å²) in [5.41, 5.74) is 0.833. The molecular formula is C24H20O2S4. The Balaban J connectivity index is 1.45. The highest BCUT2D eigenvalue weighted by Gasteiger charge is 2.13. The number of carbonyl (C=O) groups is 1. The number of methoxy groups -OCH3 is 1. The standard InChI is InChI=1S/C24H20O2S4/c1-13-4-17(12-25)23(27-13)10-18-6-15-8-22-16(9-21(15)29-18)7-19(30-22)11-24-20(26-3)5-14(2)28-24/h4-9,12H,10-11H2,1-3H3. The van der Waals surface area contributed by atoms with Gasteiger partial charge in [-0.25, -0.2) is 0 Å². The number of ether oxygens (including phenoxy) is 1.